The Labute approximate surface area is 568 Å². The molecular weight excluding hydrogens is 1180 g/mol. The van der Waals surface area contributed by atoms with Crippen molar-refractivity contribution < 1.29 is 27.0 Å². The molecule has 0 atom stereocenters. The van der Waals surface area contributed by atoms with E-state index < -0.39 is 59.7 Å². The number of rotatable bonds is 60. The molecule has 1 heterocycles. The summed E-state index contributed by atoms with van der Waals surface area (Å²) in [6.45, 7) is 46.6. The first-order valence-electron chi connectivity index (χ1n) is 39.7. The highest BCUT2D eigenvalue weighted by Crippen LogP contribution is 2.44. The summed E-state index contributed by atoms with van der Waals surface area (Å²) in [7, 11) is -10.6. The minimum absolute atomic E-state index is 0.433. The molecule has 1 aromatic carbocycles. The molecule has 0 radical (unpaired) electrons. The number of unbranched alkanes of at least 4 members (excludes halogenated alkanes) is 12. The maximum atomic E-state index is 7.71. The molecule has 1 aliphatic rings. The first kappa shape index (κ1) is 85.7. The van der Waals surface area contributed by atoms with E-state index in [0.29, 0.717) is 0 Å². The highest BCUT2D eigenvalue weighted by molar-refractivity contribution is 6.95. The van der Waals surface area contributed by atoms with Crippen LogP contribution in [0.15, 0.2) is 52.1 Å². The summed E-state index contributed by atoms with van der Waals surface area (Å²) < 4.78 is 45.7. The molecule has 2 rings (SSSR count). The smallest absolute Gasteiger partial charge is 0.417 e. The first-order chi connectivity index (χ1) is 43.3. The van der Waals surface area contributed by atoms with Gasteiger partial charge in [0.25, 0.3) is 0 Å². The van der Waals surface area contributed by atoms with E-state index in [1.54, 1.807) is 16.3 Å². The van der Waals surface area contributed by atoms with Crippen molar-refractivity contribution >= 4 is 53.6 Å². The van der Waals surface area contributed by atoms with Crippen molar-refractivity contribution in [2.45, 2.75) is 413 Å². The number of allylic oxidation sites excluding steroid dienone is 4. The summed E-state index contributed by atoms with van der Waals surface area (Å²) in [5, 5.41) is 3.27. The summed E-state index contributed by atoms with van der Waals surface area (Å²) in [4.78, 5) is 0. The van der Waals surface area contributed by atoms with Crippen LogP contribution in [0, 0.1) is 0 Å². The van der Waals surface area contributed by atoms with E-state index in [2.05, 4.69) is 154 Å². The standard InChI is InChI=1S/C78H155BO6Si5/c1-19-31-60-87(61-32-20-2,62-33-21-3)80-56-46-52-73(75(79-84-77(13,14)78(15,16)85-79)54-48-58-82-89(66-37-25-7,67-38-26-8)68-39-27-9)74(53-47-57-81-88(63-34-22-4,64-35-23-5)65-36-24-6)76(86(17,18)72-50-44-43-45-51-72)55-49-59-83-90(69-40-28-10,70-41-29-11)71-42-30-12/h43-45,50-51H,19-42,46-49,52-71H2,1-18H3/b75-73-,76-74-. The van der Waals surface area contributed by atoms with Gasteiger partial charge in [-0.2, -0.15) is 0 Å². The largest absolute Gasteiger partial charge is 0.490 e. The Morgan fingerprint density at radius 3 is 0.844 bits per heavy atom. The third-order valence-corrected chi connectivity index (χ3v) is 44.0. The van der Waals surface area contributed by atoms with Crippen molar-refractivity contribution in [2.24, 2.45) is 0 Å². The molecule has 0 amide bonds. The van der Waals surface area contributed by atoms with Crippen LogP contribution < -0.4 is 5.19 Å². The van der Waals surface area contributed by atoms with Gasteiger partial charge in [0.2, 0.25) is 0 Å². The van der Waals surface area contributed by atoms with Gasteiger partial charge in [-0.05, 0) is 168 Å². The maximum absolute atomic E-state index is 7.71. The van der Waals surface area contributed by atoms with E-state index in [0.717, 1.165) is 77.8 Å². The Kier molecular flexibility index (Phi) is 46.0. The van der Waals surface area contributed by atoms with Crippen LogP contribution in [0.2, 0.25) is 85.6 Å². The van der Waals surface area contributed by atoms with Crippen molar-refractivity contribution in [1.29, 1.82) is 0 Å². The second-order valence-corrected chi connectivity index (χ2v) is 51.4. The molecule has 0 bridgehead atoms. The zero-order chi connectivity index (χ0) is 66.7. The average Bonchev–Trinajstić information content (AvgIpc) is 1.53. The highest BCUT2D eigenvalue weighted by atomic mass is 28.4. The lowest BCUT2D eigenvalue weighted by Gasteiger charge is -2.35. The fourth-order valence-electron chi connectivity index (χ4n) is 14.8. The second-order valence-electron chi connectivity index (χ2n) is 30.3. The van der Waals surface area contributed by atoms with Gasteiger partial charge in [0.05, 0.1) is 11.2 Å². The van der Waals surface area contributed by atoms with Gasteiger partial charge in [0, 0.05) is 26.4 Å². The van der Waals surface area contributed by atoms with E-state index in [9.17, 15) is 0 Å². The van der Waals surface area contributed by atoms with Gasteiger partial charge >= 0.3 is 7.12 Å². The molecule has 1 aliphatic heterocycles. The van der Waals surface area contributed by atoms with Crippen molar-refractivity contribution in [3.8, 4) is 0 Å². The Balaban J connectivity index is 3.32. The van der Waals surface area contributed by atoms with Crippen molar-refractivity contribution in [3.05, 3.63) is 52.1 Å². The van der Waals surface area contributed by atoms with E-state index >= 15 is 0 Å². The van der Waals surface area contributed by atoms with Gasteiger partial charge in [-0.25, -0.2) is 0 Å². The van der Waals surface area contributed by atoms with E-state index in [-0.39, 0.29) is 0 Å². The molecule has 0 aliphatic carbocycles. The molecule has 6 nitrogen and oxygen atoms in total. The van der Waals surface area contributed by atoms with Crippen LogP contribution in [-0.4, -0.2) is 86.1 Å². The number of hydrogen-bond acceptors (Lipinski definition) is 6. The SMILES string of the molecule is CCCC[Si](CCCC)(CCCC)OCCCC(=C(\CCCO[Si](CCCC)(CCCC)CCCC)[Si](C)(C)c1ccccc1)/C(CCCO[Si](CCCC)(CCCC)CCCC)=C(/CCCO[Si](CCCC)(CCCC)CCCC)B1OC(C)(C)C(C)(C)O1. The topological polar surface area (TPSA) is 55.4 Å². The Hall–Kier alpha value is -0.391. The molecule has 0 spiro atoms. The lowest BCUT2D eigenvalue weighted by Crippen LogP contribution is -2.45. The quantitative estimate of drug-likeness (QED) is 0.0368. The molecule has 526 valence electrons. The summed E-state index contributed by atoms with van der Waals surface area (Å²) in [6, 6.07) is 27.5. The molecular formula is C78H155BO6Si5. The summed E-state index contributed by atoms with van der Waals surface area (Å²) in [5.41, 5.74) is 3.63. The van der Waals surface area contributed by atoms with Gasteiger partial charge in [0.15, 0.2) is 33.3 Å². The molecule has 0 saturated carbocycles. The summed E-state index contributed by atoms with van der Waals surface area (Å²) >= 11 is 0. The molecule has 1 aromatic rings. The lowest BCUT2D eigenvalue weighted by atomic mass is 9.70. The summed E-state index contributed by atoms with van der Waals surface area (Å²) in [6.07, 6.45) is 38.6. The third-order valence-electron chi connectivity index (χ3n) is 21.7. The minimum atomic E-state index is -2.37. The van der Waals surface area contributed by atoms with Crippen molar-refractivity contribution in [2.75, 3.05) is 26.4 Å². The van der Waals surface area contributed by atoms with Crippen LogP contribution >= 0.6 is 0 Å². The number of benzene rings is 1. The van der Waals surface area contributed by atoms with Crippen LogP contribution in [0.4, 0.5) is 0 Å². The van der Waals surface area contributed by atoms with Gasteiger partial charge in [-0.15, -0.1) is 0 Å². The van der Waals surface area contributed by atoms with Gasteiger partial charge in [-0.1, -0.05) is 291 Å². The zero-order valence-electron chi connectivity index (χ0n) is 63.9. The normalized spacial score (nSPS) is 15.5. The van der Waals surface area contributed by atoms with Gasteiger partial charge in [0.1, 0.15) is 8.07 Å². The van der Waals surface area contributed by atoms with Crippen LogP contribution in [-0.2, 0) is 27.0 Å². The predicted octanol–water partition coefficient (Wildman–Crippen LogP) is 25.9. The monoisotopic (exact) mass is 1340 g/mol. The molecule has 1 saturated heterocycles. The van der Waals surface area contributed by atoms with E-state index in [1.807, 2.05) is 0 Å². The van der Waals surface area contributed by atoms with Crippen LogP contribution in [0.25, 0.3) is 0 Å². The van der Waals surface area contributed by atoms with Gasteiger partial charge in [-0.3, -0.25) is 0 Å². The molecule has 0 aromatic heterocycles. The fraction of sp³-hybridized carbons (Fsp3) is 0.872. The predicted molar refractivity (Wildman–Crippen MR) is 414 cm³/mol. The molecule has 0 N–H and O–H groups in total. The average molecular weight is 1340 g/mol. The maximum Gasteiger partial charge on any atom is 0.490 e. The second kappa shape index (κ2) is 48.3. The lowest BCUT2D eigenvalue weighted by molar-refractivity contribution is 0.00578. The molecule has 0 unspecified atom stereocenters. The number of hydrogen-bond donors (Lipinski definition) is 0. The molecule has 90 heavy (non-hydrogen) atoms. The fourth-order valence-corrected chi connectivity index (χ4v) is 37.0. The molecule has 12 heteroatoms. The third kappa shape index (κ3) is 30.6. The Morgan fingerprint density at radius 1 is 0.333 bits per heavy atom. The van der Waals surface area contributed by atoms with Crippen LogP contribution in [0.1, 0.15) is 316 Å². The summed E-state index contributed by atoms with van der Waals surface area (Å²) in [5.74, 6) is 0. The van der Waals surface area contributed by atoms with Crippen LogP contribution in [0.5, 0.6) is 0 Å². The van der Waals surface area contributed by atoms with Crippen molar-refractivity contribution in [1.82, 2.24) is 0 Å². The molecule has 1 fully saturated rings. The van der Waals surface area contributed by atoms with E-state index in [1.165, 1.54) is 237 Å². The van der Waals surface area contributed by atoms with Gasteiger partial charge < -0.3 is 27.0 Å². The zero-order valence-corrected chi connectivity index (χ0v) is 68.9. The van der Waals surface area contributed by atoms with Crippen LogP contribution in [0.3, 0.4) is 0 Å². The Bertz CT molecular complexity index is 1890. The Morgan fingerprint density at radius 2 is 0.578 bits per heavy atom. The minimum Gasteiger partial charge on any atom is -0.417 e. The highest BCUT2D eigenvalue weighted by Gasteiger charge is 2.53. The van der Waals surface area contributed by atoms with E-state index in [4.69, 9.17) is 27.0 Å². The first-order valence-corrected chi connectivity index (χ1v) is 52.8. The van der Waals surface area contributed by atoms with Crippen molar-refractivity contribution in [3.63, 3.8) is 0 Å².